The van der Waals surface area contributed by atoms with Crippen molar-refractivity contribution in [1.82, 2.24) is 19.1 Å². The van der Waals surface area contributed by atoms with Gasteiger partial charge in [-0.05, 0) is 17.7 Å². The van der Waals surface area contributed by atoms with Crippen LogP contribution in [-0.2, 0) is 20.3 Å². The molecule has 0 aliphatic carbocycles. The van der Waals surface area contributed by atoms with Crippen LogP contribution in [0.5, 0.6) is 0 Å². The molecule has 0 unspecified atom stereocenters. The Bertz CT molecular complexity index is 1150. The van der Waals surface area contributed by atoms with Gasteiger partial charge in [0.05, 0.1) is 11.3 Å². The molecule has 0 amide bonds. The van der Waals surface area contributed by atoms with E-state index < -0.39 is 28.7 Å². The highest BCUT2D eigenvalue weighted by molar-refractivity contribution is 5.89. The Morgan fingerprint density at radius 2 is 1.60 bits per heavy atom. The Morgan fingerprint density at radius 1 is 1.00 bits per heavy atom. The molecule has 25 heavy (non-hydrogen) atoms. The summed E-state index contributed by atoms with van der Waals surface area (Å²) in [6, 6.07) is 3.95. The molecule has 0 aliphatic rings. The minimum absolute atomic E-state index is 0.0000699. The molecule has 2 heterocycles. The summed E-state index contributed by atoms with van der Waals surface area (Å²) in [5, 5.41) is -0.0658. The molecule has 0 spiro atoms. The number of nitrogens with zero attached hydrogens (tertiary/aromatic N) is 3. The van der Waals surface area contributed by atoms with Gasteiger partial charge in [0.1, 0.15) is 5.39 Å². The van der Waals surface area contributed by atoms with E-state index in [-0.39, 0.29) is 22.3 Å². The zero-order valence-electron chi connectivity index (χ0n) is 13.0. The molecule has 0 fully saturated rings. The van der Waals surface area contributed by atoms with Crippen molar-refractivity contribution in [3.8, 4) is 11.3 Å². The molecule has 0 saturated carbocycles. The van der Waals surface area contributed by atoms with Crippen molar-refractivity contribution in [2.45, 2.75) is 6.18 Å². The molecule has 130 valence electrons. The summed E-state index contributed by atoms with van der Waals surface area (Å²) >= 11 is 0. The second-order valence-corrected chi connectivity index (χ2v) is 5.40. The molecule has 0 aliphatic heterocycles. The molecule has 0 atom stereocenters. The first kappa shape index (κ1) is 16.7. The smallest absolute Gasteiger partial charge is 0.304 e. The monoisotopic (exact) mass is 352 g/mol. The van der Waals surface area contributed by atoms with Gasteiger partial charge in [0, 0.05) is 14.1 Å². The fourth-order valence-corrected chi connectivity index (χ4v) is 2.52. The van der Waals surface area contributed by atoms with Gasteiger partial charge in [-0.3, -0.25) is 13.9 Å². The molecule has 1 aromatic carbocycles. The number of fused-ring (bicyclic) bond motifs is 1. The van der Waals surface area contributed by atoms with Crippen LogP contribution in [0.4, 0.5) is 13.2 Å². The molecule has 1 N–H and O–H groups in total. The standard InChI is InChI=1S/C15H11F3N4O3/c1-21-11-9(12(23)22(2)14(21)25)10(19-13(24)20-11)7-3-5-8(6-4-7)15(16,17)18/h3-6H,1-2H3,(H,19,20,24). The zero-order chi connectivity index (χ0) is 18.5. The quantitative estimate of drug-likeness (QED) is 0.708. The number of nitrogens with one attached hydrogen (secondary N) is 1. The van der Waals surface area contributed by atoms with Gasteiger partial charge in [0.2, 0.25) is 0 Å². The fraction of sp³-hybridized carbons (Fsp3) is 0.200. The Kier molecular flexibility index (Phi) is 3.62. The first-order valence-electron chi connectivity index (χ1n) is 6.99. The largest absolute Gasteiger partial charge is 0.416 e. The molecular formula is C15H11F3N4O3. The number of aromatic amines is 1. The lowest BCUT2D eigenvalue weighted by molar-refractivity contribution is -0.137. The fourth-order valence-electron chi connectivity index (χ4n) is 2.52. The maximum Gasteiger partial charge on any atom is 0.416 e. The van der Waals surface area contributed by atoms with Crippen LogP contribution in [0.1, 0.15) is 5.56 Å². The number of H-pyrrole nitrogens is 1. The van der Waals surface area contributed by atoms with Gasteiger partial charge in [0.15, 0.2) is 5.65 Å². The number of alkyl halides is 3. The highest BCUT2D eigenvalue weighted by Crippen LogP contribution is 2.31. The molecule has 3 rings (SSSR count). The summed E-state index contributed by atoms with van der Waals surface area (Å²) in [5.41, 5.74) is -3.03. The van der Waals surface area contributed by atoms with Gasteiger partial charge >= 0.3 is 17.6 Å². The van der Waals surface area contributed by atoms with Crippen LogP contribution in [0.3, 0.4) is 0 Å². The highest BCUT2D eigenvalue weighted by atomic mass is 19.4. The van der Waals surface area contributed by atoms with E-state index in [1.807, 2.05) is 0 Å². The van der Waals surface area contributed by atoms with E-state index in [1.54, 1.807) is 0 Å². The molecular weight excluding hydrogens is 341 g/mol. The third-order valence-electron chi connectivity index (χ3n) is 3.82. The number of benzene rings is 1. The summed E-state index contributed by atoms with van der Waals surface area (Å²) in [6.07, 6.45) is -4.51. The average Bonchev–Trinajstić information content (AvgIpc) is 2.56. The second-order valence-electron chi connectivity index (χ2n) is 5.40. The van der Waals surface area contributed by atoms with Crippen LogP contribution in [0.2, 0.25) is 0 Å². The number of halogens is 3. The Balaban J connectivity index is 2.39. The lowest BCUT2D eigenvalue weighted by Gasteiger charge is -2.11. The Labute approximate surface area is 137 Å². The third-order valence-corrected chi connectivity index (χ3v) is 3.82. The van der Waals surface area contributed by atoms with E-state index in [4.69, 9.17) is 0 Å². The molecule has 2 aromatic heterocycles. The lowest BCUT2D eigenvalue weighted by atomic mass is 10.1. The van der Waals surface area contributed by atoms with Crippen LogP contribution >= 0.6 is 0 Å². The van der Waals surface area contributed by atoms with Crippen molar-refractivity contribution < 1.29 is 13.2 Å². The van der Waals surface area contributed by atoms with Crippen molar-refractivity contribution in [1.29, 1.82) is 0 Å². The second kappa shape index (κ2) is 5.43. The summed E-state index contributed by atoms with van der Waals surface area (Å²) in [7, 11) is 2.60. The first-order valence-corrected chi connectivity index (χ1v) is 6.99. The topological polar surface area (TPSA) is 89.8 Å². The molecule has 0 radical (unpaired) electrons. The minimum Gasteiger partial charge on any atom is -0.304 e. The van der Waals surface area contributed by atoms with E-state index in [1.165, 1.54) is 14.1 Å². The van der Waals surface area contributed by atoms with E-state index in [0.717, 1.165) is 33.4 Å². The van der Waals surface area contributed by atoms with E-state index in [2.05, 4.69) is 9.97 Å². The van der Waals surface area contributed by atoms with Crippen LogP contribution in [0, 0.1) is 0 Å². The summed E-state index contributed by atoms with van der Waals surface area (Å²) in [5.74, 6) is 0. The van der Waals surface area contributed by atoms with Crippen molar-refractivity contribution >= 4 is 11.0 Å². The number of hydrogen-bond acceptors (Lipinski definition) is 4. The number of rotatable bonds is 1. The third kappa shape index (κ3) is 2.65. The summed E-state index contributed by atoms with van der Waals surface area (Å²) in [6.45, 7) is 0. The van der Waals surface area contributed by atoms with Gasteiger partial charge in [-0.2, -0.15) is 18.2 Å². The van der Waals surface area contributed by atoms with E-state index >= 15 is 0 Å². The minimum atomic E-state index is -4.51. The van der Waals surface area contributed by atoms with Crippen molar-refractivity contribution in [2.75, 3.05) is 0 Å². The summed E-state index contributed by atoms with van der Waals surface area (Å²) < 4.78 is 39.9. The molecule has 0 bridgehead atoms. The predicted molar refractivity (Wildman–Crippen MR) is 83.3 cm³/mol. The van der Waals surface area contributed by atoms with Crippen LogP contribution in [0.25, 0.3) is 22.3 Å². The number of aryl methyl sites for hydroxylation is 1. The van der Waals surface area contributed by atoms with Crippen molar-refractivity contribution in [2.24, 2.45) is 14.1 Å². The van der Waals surface area contributed by atoms with E-state index in [9.17, 15) is 27.6 Å². The maximum absolute atomic E-state index is 12.7. The van der Waals surface area contributed by atoms with E-state index in [0.29, 0.717) is 0 Å². The van der Waals surface area contributed by atoms with Crippen LogP contribution in [0.15, 0.2) is 38.6 Å². The molecule has 3 aromatic rings. The molecule has 10 heteroatoms. The lowest BCUT2D eigenvalue weighted by Crippen LogP contribution is -2.38. The highest BCUT2D eigenvalue weighted by Gasteiger charge is 2.30. The molecule has 0 saturated heterocycles. The Hall–Kier alpha value is -3.17. The first-order chi connectivity index (χ1) is 11.6. The average molecular weight is 352 g/mol. The van der Waals surface area contributed by atoms with Gasteiger partial charge in [-0.15, -0.1) is 0 Å². The normalized spacial score (nSPS) is 11.9. The zero-order valence-corrected chi connectivity index (χ0v) is 13.0. The van der Waals surface area contributed by atoms with Crippen LogP contribution in [-0.4, -0.2) is 19.1 Å². The molecule has 7 nitrogen and oxygen atoms in total. The summed E-state index contributed by atoms with van der Waals surface area (Å²) in [4.78, 5) is 42.2. The SMILES string of the molecule is Cn1c(=O)c2c(-c3ccc(C(F)(F)F)cc3)[nH]c(=O)nc2n(C)c1=O. The van der Waals surface area contributed by atoms with Crippen molar-refractivity contribution in [3.63, 3.8) is 0 Å². The van der Waals surface area contributed by atoms with Gasteiger partial charge in [-0.25, -0.2) is 9.59 Å². The Morgan fingerprint density at radius 3 is 2.16 bits per heavy atom. The predicted octanol–water partition coefficient (Wildman–Crippen LogP) is 1.01. The maximum atomic E-state index is 12.7. The van der Waals surface area contributed by atoms with Gasteiger partial charge in [0.25, 0.3) is 5.56 Å². The van der Waals surface area contributed by atoms with Gasteiger partial charge in [-0.1, -0.05) is 12.1 Å². The number of aromatic nitrogens is 4. The van der Waals surface area contributed by atoms with Gasteiger partial charge < -0.3 is 4.98 Å². The van der Waals surface area contributed by atoms with Crippen LogP contribution < -0.4 is 16.9 Å². The number of hydrogen-bond donors (Lipinski definition) is 1. The van der Waals surface area contributed by atoms with Crippen molar-refractivity contribution in [3.05, 3.63) is 61.2 Å².